The fraction of sp³-hybridized carbons (Fsp3) is 0.706. The summed E-state index contributed by atoms with van der Waals surface area (Å²) in [7, 11) is 0. The minimum absolute atomic E-state index is 0.0109. The Morgan fingerprint density at radius 3 is 3.14 bits per heavy atom. The predicted octanol–water partition coefficient (Wildman–Crippen LogP) is 2.49. The molecule has 0 bridgehead atoms. The smallest absolute Gasteiger partial charge is 0.222 e. The number of carbonyl (C=O) groups excluding carboxylic acids is 1. The first-order chi connectivity index (χ1) is 10.7. The summed E-state index contributed by atoms with van der Waals surface area (Å²) < 4.78 is 6.22. The molecule has 1 aromatic rings. The molecular weight excluding hydrogens is 296 g/mol. The summed E-state index contributed by atoms with van der Waals surface area (Å²) in [6, 6.07) is 4.74. The largest absolute Gasteiger partial charge is 0.373 e. The molecule has 4 rings (SSSR count). The van der Waals surface area contributed by atoms with Gasteiger partial charge in [-0.2, -0.15) is 0 Å². The highest BCUT2D eigenvalue weighted by molar-refractivity contribution is 7.09. The number of hydrogen-bond acceptors (Lipinski definition) is 4. The van der Waals surface area contributed by atoms with Gasteiger partial charge >= 0.3 is 0 Å². The summed E-state index contributed by atoms with van der Waals surface area (Å²) in [6.07, 6.45) is 4.93. The van der Waals surface area contributed by atoms with Gasteiger partial charge in [0.25, 0.3) is 0 Å². The van der Waals surface area contributed by atoms with Gasteiger partial charge in [-0.05, 0) is 37.1 Å². The van der Waals surface area contributed by atoms with Gasteiger partial charge in [0, 0.05) is 50.1 Å². The number of hydrogen-bond donors (Lipinski definition) is 0. The first-order valence-corrected chi connectivity index (χ1v) is 9.30. The lowest BCUT2D eigenvalue weighted by Gasteiger charge is -2.41. The summed E-state index contributed by atoms with van der Waals surface area (Å²) in [4.78, 5) is 18.1. The highest BCUT2D eigenvalue weighted by atomic mass is 32.1. The van der Waals surface area contributed by atoms with Gasteiger partial charge < -0.3 is 9.64 Å². The van der Waals surface area contributed by atoms with E-state index >= 15 is 0 Å². The van der Waals surface area contributed by atoms with E-state index in [1.165, 1.54) is 4.88 Å². The van der Waals surface area contributed by atoms with E-state index in [9.17, 15) is 4.79 Å². The SMILES string of the molecule is O=C1CCCN1[C@H]1CCO[C@@]2(CCN(Cc3cccs3)C2)C1. The molecule has 1 amide bonds. The molecule has 2 atom stereocenters. The molecule has 1 spiro atoms. The van der Waals surface area contributed by atoms with Gasteiger partial charge in [0.15, 0.2) is 0 Å². The van der Waals surface area contributed by atoms with Crippen molar-refractivity contribution in [2.75, 3.05) is 26.2 Å². The molecule has 1 aromatic heterocycles. The fourth-order valence-electron chi connectivity index (χ4n) is 4.29. The Morgan fingerprint density at radius 1 is 1.41 bits per heavy atom. The zero-order valence-electron chi connectivity index (χ0n) is 13.0. The molecule has 4 heterocycles. The maximum Gasteiger partial charge on any atom is 0.222 e. The molecule has 3 aliphatic rings. The van der Waals surface area contributed by atoms with Gasteiger partial charge in [-0.25, -0.2) is 0 Å². The van der Waals surface area contributed by atoms with Crippen LogP contribution < -0.4 is 0 Å². The number of ether oxygens (including phenoxy) is 1. The van der Waals surface area contributed by atoms with Crippen molar-refractivity contribution in [3.63, 3.8) is 0 Å². The Kier molecular flexibility index (Phi) is 3.96. The van der Waals surface area contributed by atoms with E-state index in [0.29, 0.717) is 11.9 Å². The van der Waals surface area contributed by atoms with Crippen molar-refractivity contribution < 1.29 is 9.53 Å². The molecule has 0 radical (unpaired) electrons. The first kappa shape index (κ1) is 14.7. The highest BCUT2D eigenvalue weighted by Gasteiger charge is 2.45. The van der Waals surface area contributed by atoms with Crippen molar-refractivity contribution in [1.82, 2.24) is 9.80 Å². The van der Waals surface area contributed by atoms with Crippen LogP contribution in [-0.4, -0.2) is 53.6 Å². The van der Waals surface area contributed by atoms with Gasteiger partial charge in [-0.1, -0.05) is 6.07 Å². The maximum atomic E-state index is 12.0. The lowest BCUT2D eigenvalue weighted by molar-refractivity contribution is -0.137. The van der Waals surface area contributed by atoms with Crippen LogP contribution in [0.4, 0.5) is 0 Å². The van der Waals surface area contributed by atoms with Crippen LogP contribution in [0.25, 0.3) is 0 Å². The van der Waals surface area contributed by atoms with Crippen molar-refractivity contribution >= 4 is 17.2 Å². The van der Waals surface area contributed by atoms with Crippen LogP contribution in [0.5, 0.6) is 0 Å². The fourth-order valence-corrected chi connectivity index (χ4v) is 5.04. The summed E-state index contributed by atoms with van der Waals surface area (Å²) in [5.41, 5.74) is -0.0109. The lowest BCUT2D eigenvalue weighted by Crippen LogP contribution is -2.50. The molecule has 0 saturated carbocycles. The molecule has 4 nitrogen and oxygen atoms in total. The van der Waals surface area contributed by atoms with E-state index in [1.807, 2.05) is 11.3 Å². The second kappa shape index (κ2) is 5.95. The molecule has 0 unspecified atom stereocenters. The van der Waals surface area contributed by atoms with Crippen LogP contribution in [-0.2, 0) is 16.1 Å². The standard InChI is InChI=1S/C17H24N2O2S/c20-16-4-1-7-19(16)14-5-9-21-17(11-14)6-8-18(13-17)12-15-3-2-10-22-15/h2-3,10,14H,1,4-9,11-13H2/t14-,17-/m0/s1. The zero-order chi connectivity index (χ0) is 15.0. The summed E-state index contributed by atoms with van der Waals surface area (Å²) in [6.45, 7) is 4.93. The minimum atomic E-state index is -0.0109. The van der Waals surface area contributed by atoms with Crippen molar-refractivity contribution in [3.05, 3.63) is 22.4 Å². The Balaban J connectivity index is 1.40. The third-order valence-corrected chi connectivity index (χ3v) is 6.23. The quantitative estimate of drug-likeness (QED) is 0.858. The van der Waals surface area contributed by atoms with Crippen molar-refractivity contribution in [1.29, 1.82) is 0 Å². The second-order valence-corrected chi connectivity index (χ2v) is 7.94. The van der Waals surface area contributed by atoms with E-state index < -0.39 is 0 Å². The molecule has 0 aliphatic carbocycles. The van der Waals surface area contributed by atoms with E-state index in [-0.39, 0.29) is 5.60 Å². The second-order valence-electron chi connectivity index (χ2n) is 6.91. The molecule has 3 saturated heterocycles. The van der Waals surface area contributed by atoms with Gasteiger partial charge in [-0.15, -0.1) is 11.3 Å². The lowest BCUT2D eigenvalue weighted by atomic mass is 9.89. The third-order valence-electron chi connectivity index (χ3n) is 5.37. The zero-order valence-corrected chi connectivity index (χ0v) is 13.8. The van der Waals surface area contributed by atoms with Crippen LogP contribution in [0.1, 0.15) is 37.0 Å². The van der Waals surface area contributed by atoms with Crippen molar-refractivity contribution in [3.8, 4) is 0 Å². The molecule has 120 valence electrons. The Labute approximate surface area is 136 Å². The average Bonchev–Trinajstić information content (AvgIpc) is 3.23. The van der Waals surface area contributed by atoms with E-state index in [4.69, 9.17) is 4.74 Å². The number of likely N-dealkylation sites (tertiary alicyclic amines) is 2. The Morgan fingerprint density at radius 2 is 2.36 bits per heavy atom. The molecule has 0 N–H and O–H groups in total. The maximum absolute atomic E-state index is 12.0. The number of carbonyl (C=O) groups is 1. The minimum Gasteiger partial charge on any atom is -0.373 e. The average molecular weight is 320 g/mol. The Bertz CT molecular complexity index is 533. The third kappa shape index (κ3) is 2.82. The summed E-state index contributed by atoms with van der Waals surface area (Å²) >= 11 is 1.83. The van der Waals surface area contributed by atoms with Gasteiger partial charge in [-0.3, -0.25) is 9.69 Å². The van der Waals surface area contributed by atoms with E-state index in [1.54, 1.807) is 0 Å². The number of rotatable bonds is 3. The van der Waals surface area contributed by atoms with Crippen molar-refractivity contribution in [2.24, 2.45) is 0 Å². The highest BCUT2D eigenvalue weighted by Crippen LogP contribution is 2.37. The Hall–Kier alpha value is -0.910. The van der Waals surface area contributed by atoms with Crippen LogP contribution in [0.3, 0.4) is 0 Å². The van der Waals surface area contributed by atoms with E-state index in [0.717, 1.165) is 64.9 Å². The number of nitrogens with zero attached hydrogens (tertiary/aromatic N) is 2. The number of amides is 1. The van der Waals surface area contributed by atoms with Gasteiger partial charge in [0.05, 0.1) is 5.60 Å². The van der Waals surface area contributed by atoms with Crippen molar-refractivity contribution in [2.45, 2.75) is 50.3 Å². The van der Waals surface area contributed by atoms with E-state index in [2.05, 4.69) is 27.3 Å². The molecule has 22 heavy (non-hydrogen) atoms. The number of thiophene rings is 1. The monoisotopic (exact) mass is 320 g/mol. The molecular formula is C17H24N2O2S. The van der Waals surface area contributed by atoms with Gasteiger partial charge in [0.1, 0.15) is 0 Å². The summed E-state index contributed by atoms with van der Waals surface area (Å²) in [5, 5.41) is 2.15. The topological polar surface area (TPSA) is 32.8 Å². The normalized spacial score (nSPS) is 33.2. The molecule has 3 aliphatic heterocycles. The van der Waals surface area contributed by atoms with Crippen LogP contribution >= 0.6 is 11.3 Å². The molecule has 3 fully saturated rings. The van der Waals surface area contributed by atoms with Gasteiger partial charge in [0.2, 0.25) is 5.91 Å². The first-order valence-electron chi connectivity index (χ1n) is 8.42. The summed E-state index contributed by atoms with van der Waals surface area (Å²) in [5.74, 6) is 0.357. The van der Waals surface area contributed by atoms with Crippen LogP contribution in [0.2, 0.25) is 0 Å². The molecule has 0 aromatic carbocycles. The molecule has 5 heteroatoms. The van der Waals surface area contributed by atoms with Crippen LogP contribution in [0, 0.1) is 0 Å². The predicted molar refractivity (Wildman–Crippen MR) is 86.9 cm³/mol. The van der Waals surface area contributed by atoms with Crippen LogP contribution in [0.15, 0.2) is 17.5 Å².